The molecular formula is C32H28FNO. The fourth-order valence-corrected chi connectivity index (χ4v) is 5.24. The molecule has 0 spiro atoms. The third-order valence-electron chi connectivity index (χ3n) is 6.79. The van der Waals surface area contributed by atoms with Crippen LogP contribution in [0.2, 0.25) is 0 Å². The molecule has 0 fully saturated rings. The third-order valence-corrected chi connectivity index (χ3v) is 6.79. The van der Waals surface area contributed by atoms with Crippen molar-refractivity contribution in [1.82, 2.24) is 4.98 Å². The van der Waals surface area contributed by atoms with Crippen LogP contribution in [0.1, 0.15) is 37.5 Å². The van der Waals surface area contributed by atoms with Crippen molar-refractivity contribution < 1.29 is 9.13 Å². The topological polar surface area (TPSA) is 22.1 Å². The molecule has 2 nitrogen and oxygen atoms in total. The van der Waals surface area contributed by atoms with Crippen molar-refractivity contribution in [3.05, 3.63) is 89.4 Å². The van der Waals surface area contributed by atoms with Crippen LogP contribution in [0.5, 0.6) is 11.5 Å². The fraction of sp³-hybridized carbons (Fsp3) is 0.219. The van der Waals surface area contributed by atoms with Crippen LogP contribution in [-0.4, -0.2) is 4.98 Å². The van der Waals surface area contributed by atoms with E-state index in [2.05, 4.69) is 52.0 Å². The molecule has 0 atom stereocenters. The number of hydrogen-bond acceptors (Lipinski definition) is 2. The molecule has 3 heteroatoms. The Morgan fingerprint density at radius 1 is 0.829 bits per heavy atom. The second-order valence-corrected chi connectivity index (χ2v) is 11.0. The Hall–Kier alpha value is -3.72. The molecule has 6 rings (SSSR count). The molecule has 35 heavy (non-hydrogen) atoms. The highest BCUT2D eigenvalue weighted by molar-refractivity contribution is 6.07. The lowest BCUT2D eigenvalue weighted by Crippen LogP contribution is -2.12. The highest BCUT2D eigenvalue weighted by atomic mass is 19.1. The molecule has 0 aliphatic carbocycles. The van der Waals surface area contributed by atoms with Gasteiger partial charge in [0.05, 0.1) is 11.1 Å². The van der Waals surface area contributed by atoms with E-state index in [0.29, 0.717) is 5.56 Å². The smallest absolute Gasteiger partial charge is 0.140 e. The van der Waals surface area contributed by atoms with E-state index < -0.39 is 0 Å². The van der Waals surface area contributed by atoms with Gasteiger partial charge in [-0.1, -0.05) is 56.7 Å². The zero-order valence-electron chi connectivity index (χ0n) is 20.8. The molecule has 0 saturated carbocycles. The van der Waals surface area contributed by atoms with Crippen LogP contribution in [0.25, 0.3) is 43.9 Å². The minimum absolute atomic E-state index is 0.0712. The lowest BCUT2D eigenvalue weighted by Gasteiger charge is -2.28. The van der Waals surface area contributed by atoms with Gasteiger partial charge in [0, 0.05) is 22.9 Å². The molecule has 0 bridgehead atoms. The third kappa shape index (κ3) is 3.67. The first-order valence-electron chi connectivity index (χ1n) is 12.1. The first-order chi connectivity index (χ1) is 16.7. The number of benzene rings is 4. The molecular weight excluding hydrogens is 433 g/mol. The summed E-state index contributed by atoms with van der Waals surface area (Å²) in [7, 11) is 0. The van der Waals surface area contributed by atoms with Gasteiger partial charge in [0.25, 0.3) is 0 Å². The summed E-state index contributed by atoms with van der Waals surface area (Å²) >= 11 is 0. The first kappa shape index (κ1) is 21.8. The molecule has 0 radical (unpaired) electrons. The highest BCUT2D eigenvalue weighted by Gasteiger charge is 2.28. The Balaban J connectivity index is 1.65. The zero-order valence-corrected chi connectivity index (χ0v) is 20.8. The molecule has 0 amide bonds. The van der Waals surface area contributed by atoms with Crippen LogP contribution in [-0.2, 0) is 6.42 Å². The molecule has 0 N–H and O–H groups in total. The summed E-state index contributed by atoms with van der Waals surface area (Å²) in [4.78, 5) is 4.82. The number of hydrogen-bond donors (Lipinski definition) is 0. The van der Waals surface area contributed by atoms with Gasteiger partial charge in [-0.2, -0.15) is 0 Å². The van der Waals surface area contributed by atoms with E-state index in [-0.39, 0.29) is 11.2 Å². The van der Waals surface area contributed by atoms with E-state index in [9.17, 15) is 4.39 Å². The summed E-state index contributed by atoms with van der Waals surface area (Å²) in [6.45, 7) is 10.8. The number of ether oxygens (including phenoxy) is 1. The van der Waals surface area contributed by atoms with E-state index in [0.717, 1.165) is 51.1 Å². The number of aromatic nitrogens is 1. The lowest BCUT2D eigenvalue weighted by atomic mass is 9.83. The minimum Gasteiger partial charge on any atom is -0.456 e. The number of nitrogens with zero attached hydrogens (tertiary/aromatic N) is 1. The Morgan fingerprint density at radius 2 is 1.60 bits per heavy atom. The quantitative estimate of drug-likeness (QED) is 0.256. The molecule has 5 aromatic rings. The van der Waals surface area contributed by atoms with Crippen LogP contribution in [0.4, 0.5) is 4.39 Å². The van der Waals surface area contributed by atoms with Crippen molar-refractivity contribution in [2.24, 2.45) is 5.41 Å². The molecule has 1 aliphatic heterocycles. The SMILES string of the molecule is Cc1ccc(-c2cc3c4c(nccc4c2)-c2cc4ccc(C)cc4c(CC(C)(C)C)c2O3)c(F)c1. The molecule has 1 aliphatic rings. The van der Waals surface area contributed by atoms with Crippen molar-refractivity contribution in [1.29, 1.82) is 0 Å². The van der Waals surface area contributed by atoms with E-state index in [4.69, 9.17) is 9.72 Å². The minimum atomic E-state index is -0.225. The molecule has 0 saturated heterocycles. The second kappa shape index (κ2) is 7.64. The largest absolute Gasteiger partial charge is 0.456 e. The maximum Gasteiger partial charge on any atom is 0.140 e. The number of rotatable bonds is 2. The van der Waals surface area contributed by atoms with E-state index in [1.807, 2.05) is 43.5 Å². The van der Waals surface area contributed by atoms with E-state index in [1.54, 1.807) is 6.07 Å². The van der Waals surface area contributed by atoms with Crippen molar-refractivity contribution >= 4 is 21.5 Å². The predicted octanol–water partition coefficient (Wildman–Crippen LogP) is 9.17. The summed E-state index contributed by atoms with van der Waals surface area (Å²) in [5, 5.41) is 4.38. The van der Waals surface area contributed by atoms with Crippen LogP contribution in [0.3, 0.4) is 0 Å². The molecule has 4 aromatic carbocycles. The van der Waals surface area contributed by atoms with Crippen molar-refractivity contribution in [2.75, 3.05) is 0 Å². The van der Waals surface area contributed by atoms with Gasteiger partial charge in [-0.15, -0.1) is 0 Å². The first-order valence-corrected chi connectivity index (χ1v) is 12.1. The lowest BCUT2D eigenvalue weighted by molar-refractivity contribution is 0.400. The maximum atomic E-state index is 14.9. The Morgan fingerprint density at radius 3 is 2.37 bits per heavy atom. The summed E-state index contributed by atoms with van der Waals surface area (Å²) in [5.74, 6) is 1.37. The Labute approximate surface area is 205 Å². The van der Waals surface area contributed by atoms with Gasteiger partial charge in [-0.05, 0) is 83.3 Å². The molecule has 0 unspecified atom stereocenters. The van der Waals surface area contributed by atoms with E-state index >= 15 is 0 Å². The van der Waals surface area contributed by atoms with Crippen molar-refractivity contribution in [3.63, 3.8) is 0 Å². The number of aryl methyl sites for hydroxylation is 2. The number of halogens is 1. The summed E-state index contributed by atoms with van der Waals surface area (Å²) < 4.78 is 21.7. The average molecular weight is 462 g/mol. The van der Waals surface area contributed by atoms with Crippen LogP contribution >= 0.6 is 0 Å². The predicted molar refractivity (Wildman–Crippen MR) is 143 cm³/mol. The van der Waals surface area contributed by atoms with Crippen molar-refractivity contribution in [3.8, 4) is 33.9 Å². The summed E-state index contributed by atoms with van der Waals surface area (Å²) in [6, 6.07) is 20.1. The van der Waals surface area contributed by atoms with Gasteiger partial charge in [0.2, 0.25) is 0 Å². The summed E-state index contributed by atoms with van der Waals surface area (Å²) in [6.07, 6.45) is 2.71. The Kier molecular flexibility index (Phi) is 4.76. The van der Waals surface area contributed by atoms with Crippen LogP contribution < -0.4 is 4.74 Å². The van der Waals surface area contributed by atoms with Gasteiger partial charge < -0.3 is 4.74 Å². The van der Waals surface area contributed by atoms with Gasteiger partial charge in [0.1, 0.15) is 17.3 Å². The standard InChI is InChI=1S/C32H28FNO/c1-18-6-8-20-15-25-30-29-21(10-11-34-30)14-22(23-9-7-19(2)13-27(23)33)16-28(29)35-31(25)26(24(20)12-18)17-32(3,4)5/h6-16H,17H2,1-5H3. The van der Waals surface area contributed by atoms with Gasteiger partial charge >= 0.3 is 0 Å². The van der Waals surface area contributed by atoms with Crippen molar-refractivity contribution in [2.45, 2.75) is 41.0 Å². The number of fused-ring (bicyclic) bond motifs is 3. The zero-order chi connectivity index (χ0) is 24.5. The average Bonchev–Trinajstić information content (AvgIpc) is 2.79. The fourth-order valence-electron chi connectivity index (χ4n) is 5.24. The second-order valence-electron chi connectivity index (χ2n) is 11.0. The van der Waals surface area contributed by atoms with Gasteiger partial charge in [-0.25, -0.2) is 4.39 Å². The summed E-state index contributed by atoms with van der Waals surface area (Å²) in [5.41, 5.74) is 6.72. The monoisotopic (exact) mass is 461 g/mol. The Bertz CT molecular complexity index is 1660. The van der Waals surface area contributed by atoms with Crippen LogP contribution in [0, 0.1) is 25.1 Å². The maximum absolute atomic E-state index is 14.9. The van der Waals surface area contributed by atoms with Gasteiger partial charge in [0.15, 0.2) is 0 Å². The van der Waals surface area contributed by atoms with Crippen LogP contribution in [0.15, 0.2) is 66.9 Å². The molecule has 174 valence electrons. The normalized spacial score (nSPS) is 12.6. The van der Waals surface area contributed by atoms with Gasteiger partial charge in [-0.3, -0.25) is 4.98 Å². The molecule has 2 heterocycles. The molecule has 1 aromatic heterocycles. The highest BCUT2D eigenvalue weighted by Crippen LogP contribution is 2.51. The van der Waals surface area contributed by atoms with E-state index in [1.165, 1.54) is 21.9 Å². The number of pyridine rings is 1.